The fourth-order valence-electron chi connectivity index (χ4n) is 2.36. The zero-order valence-corrected chi connectivity index (χ0v) is 10.5. The number of halogens is 3. The minimum atomic E-state index is -4.27. The Kier molecular flexibility index (Phi) is 3.00. The zero-order valence-electron chi connectivity index (χ0n) is 10.5. The van der Waals surface area contributed by atoms with E-state index in [-0.39, 0.29) is 6.54 Å². The number of fused-ring (bicyclic) bond motifs is 1. The summed E-state index contributed by atoms with van der Waals surface area (Å²) in [4.78, 5) is 13.0. The highest BCUT2D eigenvalue weighted by Gasteiger charge is 2.68. The third-order valence-electron chi connectivity index (χ3n) is 3.08. The van der Waals surface area contributed by atoms with Crippen molar-refractivity contribution in [2.24, 2.45) is 5.92 Å². The molecule has 1 aliphatic carbocycles. The Morgan fingerprint density at radius 1 is 1.33 bits per heavy atom. The quantitative estimate of drug-likeness (QED) is 0.726. The van der Waals surface area contributed by atoms with Crippen molar-refractivity contribution < 1.29 is 22.7 Å². The molecular formula is C11H17F3N2O2. The maximum absolute atomic E-state index is 12.7. The van der Waals surface area contributed by atoms with Gasteiger partial charge in [0.1, 0.15) is 5.60 Å². The monoisotopic (exact) mass is 266 g/mol. The highest BCUT2D eigenvalue weighted by molar-refractivity contribution is 5.69. The molecular weight excluding hydrogens is 249 g/mol. The van der Waals surface area contributed by atoms with E-state index in [1.165, 1.54) is 4.90 Å². The molecule has 104 valence electrons. The van der Waals surface area contributed by atoms with Gasteiger partial charge in [-0.3, -0.25) is 0 Å². The summed E-state index contributed by atoms with van der Waals surface area (Å²) in [5.74, 6) is -1.47. The van der Waals surface area contributed by atoms with Gasteiger partial charge in [0.15, 0.2) is 0 Å². The van der Waals surface area contributed by atoms with Crippen LogP contribution in [0.3, 0.4) is 0 Å². The SMILES string of the molecule is CC(C)(C)OC(=O)N1CCN[C@@H]2[C@H]1[C@@H]2C(F)(F)F. The molecule has 1 heterocycles. The highest BCUT2D eigenvalue weighted by Crippen LogP contribution is 2.49. The molecule has 4 nitrogen and oxygen atoms in total. The fourth-order valence-corrected chi connectivity index (χ4v) is 2.36. The summed E-state index contributed by atoms with van der Waals surface area (Å²) in [6, 6.07) is -1.49. The number of hydrogen-bond donors (Lipinski definition) is 1. The van der Waals surface area contributed by atoms with Gasteiger partial charge in [-0.15, -0.1) is 0 Å². The van der Waals surface area contributed by atoms with E-state index in [2.05, 4.69) is 5.32 Å². The molecule has 7 heteroatoms. The summed E-state index contributed by atoms with van der Waals surface area (Å²) in [6.07, 6.45) is -4.93. The summed E-state index contributed by atoms with van der Waals surface area (Å²) in [5, 5.41) is 2.79. The Morgan fingerprint density at radius 2 is 1.94 bits per heavy atom. The second-order valence-electron chi connectivity index (χ2n) is 5.71. The molecule has 0 bridgehead atoms. The molecule has 1 amide bonds. The van der Waals surface area contributed by atoms with E-state index in [4.69, 9.17) is 4.74 Å². The normalized spacial score (nSPS) is 31.9. The average molecular weight is 266 g/mol. The Bertz CT molecular complexity index is 351. The van der Waals surface area contributed by atoms with E-state index >= 15 is 0 Å². The zero-order chi connectivity index (χ0) is 13.7. The molecule has 3 atom stereocenters. The van der Waals surface area contributed by atoms with Crippen LogP contribution in [0.2, 0.25) is 0 Å². The van der Waals surface area contributed by atoms with Crippen LogP contribution >= 0.6 is 0 Å². The van der Waals surface area contributed by atoms with Crippen molar-refractivity contribution in [3.8, 4) is 0 Å². The van der Waals surface area contributed by atoms with Gasteiger partial charge in [0, 0.05) is 19.1 Å². The summed E-state index contributed by atoms with van der Waals surface area (Å²) in [7, 11) is 0. The smallest absolute Gasteiger partial charge is 0.410 e. The van der Waals surface area contributed by atoms with Crippen LogP contribution < -0.4 is 5.32 Å². The van der Waals surface area contributed by atoms with Gasteiger partial charge in [-0.25, -0.2) is 4.79 Å². The molecule has 1 N–H and O–H groups in total. The lowest BCUT2D eigenvalue weighted by atomic mass is 10.2. The number of carbonyl (C=O) groups excluding carboxylic acids is 1. The number of amides is 1. The first-order valence-electron chi connectivity index (χ1n) is 5.91. The Labute approximate surface area is 103 Å². The van der Waals surface area contributed by atoms with Gasteiger partial charge in [-0.05, 0) is 20.8 Å². The maximum atomic E-state index is 12.7. The molecule has 1 saturated heterocycles. The number of nitrogens with zero attached hydrogens (tertiary/aromatic N) is 1. The number of ether oxygens (including phenoxy) is 1. The molecule has 0 unspecified atom stereocenters. The maximum Gasteiger partial charge on any atom is 0.410 e. The standard InChI is InChI=1S/C11H17F3N2O2/c1-10(2,3)18-9(17)16-5-4-15-7-6(8(7)16)11(12,13)14/h6-8,15H,4-5H2,1-3H3/t6-,7+,8-/m1/s1. The van der Waals surface area contributed by atoms with Crippen molar-refractivity contribution in [2.75, 3.05) is 13.1 Å². The number of carbonyl (C=O) groups is 1. The molecule has 0 aromatic carbocycles. The van der Waals surface area contributed by atoms with E-state index in [1.54, 1.807) is 20.8 Å². The topological polar surface area (TPSA) is 41.6 Å². The van der Waals surface area contributed by atoms with Crippen molar-refractivity contribution in [3.63, 3.8) is 0 Å². The summed E-state index contributed by atoms with van der Waals surface area (Å²) < 4.78 is 43.2. The van der Waals surface area contributed by atoms with Crippen LogP contribution in [0.1, 0.15) is 20.8 Å². The summed E-state index contributed by atoms with van der Waals surface area (Å²) in [6.45, 7) is 5.70. The lowest BCUT2D eigenvalue weighted by molar-refractivity contribution is -0.152. The van der Waals surface area contributed by atoms with Crippen LogP contribution in [0.5, 0.6) is 0 Å². The van der Waals surface area contributed by atoms with Crippen molar-refractivity contribution in [1.29, 1.82) is 0 Å². The van der Waals surface area contributed by atoms with Gasteiger partial charge in [0.2, 0.25) is 0 Å². The van der Waals surface area contributed by atoms with Gasteiger partial charge in [-0.2, -0.15) is 13.2 Å². The third-order valence-corrected chi connectivity index (χ3v) is 3.08. The van der Waals surface area contributed by atoms with Crippen molar-refractivity contribution >= 4 is 6.09 Å². The number of nitrogens with one attached hydrogen (secondary N) is 1. The Hall–Kier alpha value is -0.980. The molecule has 0 aromatic rings. The number of piperazine rings is 1. The Balaban J connectivity index is 2.04. The first-order valence-corrected chi connectivity index (χ1v) is 5.91. The van der Waals surface area contributed by atoms with Crippen LogP contribution in [0.25, 0.3) is 0 Å². The predicted molar refractivity (Wildman–Crippen MR) is 58.1 cm³/mol. The Morgan fingerprint density at radius 3 is 2.44 bits per heavy atom. The van der Waals surface area contributed by atoms with Crippen LogP contribution in [-0.2, 0) is 4.74 Å². The van der Waals surface area contributed by atoms with Gasteiger partial charge >= 0.3 is 12.3 Å². The molecule has 2 fully saturated rings. The van der Waals surface area contributed by atoms with Gasteiger partial charge in [-0.1, -0.05) is 0 Å². The number of hydrogen-bond acceptors (Lipinski definition) is 3. The minimum Gasteiger partial charge on any atom is -0.444 e. The van der Waals surface area contributed by atoms with E-state index in [9.17, 15) is 18.0 Å². The lowest BCUT2D eigenvalue weighted by Gasteiger charge is -2.30. The molecule has 2 rings (SSSR count). The van der Waals surface area contributed by atoms with Crippen LogP contribution in [0, 0.1) is 5.92 Å². The molecule has 1 saturated carbocycles. The van der Waals surface area contributed by atoms with Gasteiger partial charge in [0.05, 0.1) is 12.0 Å². The van der Waals surface area contributed by atoms with Crippen molar-refractivity contribution in [2.45, 2.75) is 44.6 Å². The van der Waals surface area contributed by atoms with E-state index in [0.717, 1.165) is 0 Å². The molecule has 2 aliphatic rings. The molecule has 0 aromatic heterocycles. The van der Waals surface area contributed by atoms with E-state index < -0.39 is 35.9 Å². The minimum absolute atomic E-state index is 0.253. The van der Waals surface area contributed by atoms with Crippen molar-refractivity contribution in [3.05, 3.63) is 0 Å². The fraction of sp³-hybridized carbons (Fsp3) is 0.909. The van der Waals surface area contributed by atoms with Gasteiger partial charge < -0.3 is 15.0 Å². The summed E-state index contributed by atoms with van der Waals surface area (Å²) in [5.41, 5.74) is -0.694. The third kappa shape index (κ3) is 2.55. The number of alkyl halides is 3. The lowest BCUT2D eigenvalue weighted by Crippen LogP contribution is -2.48. The van der Waals surface area contributed by atoms with Crippen LogP contribution in [-0.4, -0.2) is 47.9 Å². The number of rotatable bonds is 0. The van der Waals surface area contributed by atoms with E-state index in [1.807, 2.05) is 0 Å². The average Bonchev–Trinajstić information content (AvgIpc) is 2.86. The highest BCUT2D eigenvalue weighted by atomic mass is 19.4. The molecule has 0 spiro atoms. The van der Waals surface area contributed by atoms with E-state index in [0.29, 0.717) is 6.54 Å². The van der Waals surface area contributed by atoms with Crippen LogP contribution in [0.15, 0.2) is 0 Å². The largest absolute Gasteiger partial charge is 0.444 e. The summed E-state index contributed by atoms with van der Waals surface area (Å²) >= 11 is 0. The predicted octanol–water partition coefficient (Wildman–Crippen LogP) is 1.76. The van der Waals surface area contributed by atoms with Crippen LogP contribution in [0.4, 0.5) is 18.0 Å². The molecule has 0 radical (unpaired) electrons. The molecule has 18 heavy (non-hydrogen) atoms. The first kappa shape index (κ1) is 13.5. The molecule has 1 aliphatic heterocycles. The van der Waals surface area contributed by atoms with Crippen molar-refractivity contribution in [1.82, 2.24) is 10.2 Å². The second kappa shape index (κ2) is 4.01. The second-order valence-corrected chi connectivity index (χ2v) is 5.71. The van der Waals surface area contributed by atoms with Gasteiger partial charge in [0.25, 0.3) is 0 Å². The first-order chi connectivity index (χ1) is 8.11.